The van der Waals surface area contributed by atoms with Crippen LogP contribution in [0.1, 0.15) is 12.5 Å². The Morgan fingerprint density at radius 3 is 2.81 bits per heavy atom. The number of carbonyl (C=O) groups is 1. The van der Waals surface area contributed by atoms with Crippen molar-refractivity contribution in [2.45, 2.75) is 6.92 Å². The normalized spacial score (nSPS) is 9.56. The molecule has 84 valence electrons. The number of rotatable bonds is 4. The average molecular weight is 282 g/mol. The van der Waals surface area contributed by atoms with Crippen LogP contribution in [-0.2, 0) is 4.79 Å². The van der Waals surface area contributed by atoms with Crippen LogP contribution in [0.5, 0.6) is 0 Å². The number of primary amides is 1. The van der Waals surface area contributed by atoms with Crippen molar-refractivity contribution in [2.24, 2.45) is 5.73 Å². The number of anilines is 1. The number of carbonyl (C=O) groups excluding carboxylic acids is 1. The van der Waals surface area contributed by atoms with Crippen molar-refractivity contribution >= 4 is 27.5 Å². The van der Waals surface area contributed by atoms with Gasteiger partial charge in [-0.05, 0) is 35.0 Å². The zero-order valence-corrected chi connectivity index (χ0v) is 10.5. The first-order valence-corrected chi connectivity index (χ1v) is 5.61. The fourth-order valence-electron chi connectivity index (χ4n) is 1.44. The molecule has 0 saturated carbocycles. The second-order valence-corrected chi connectivity index (χ2v) is 4.08. The molecule has 0 atom stereocenters. The van der Waals surface area contributed by atoms with Crippen molar-refractivity contribution in [3.05, 3.63) is 28.2 Å². The topological polar surface area (TPSA) is 70.1 Å². The van der Waals surface area contributed by atoms with Crippen LogP contribution in [0.25, 0.3) is 0 Å². The summed E-state index contributed by atoms with van der Waals surface area (Å²) in [6, 6.07) is 7.53. The Labute approximate surface area is 103 Å². The standard InChI is InChI=1S/C11H12BrN3O/c1-2-15(7-11(14)16)10-5-3-4-9(12)8(10)6-13/h3-5H,2,7H2,1H3,(H2,14,16). The highest BCUT2D eigenvalue weighted by atomic mass is 79.9. The number of benzene rings is 1. The van der Waals surface area contributed by atoms with E-state index in [0.717, 1.165) is 10.2 Å². The summed E-state index contributed by atoms with van der Waals surface area (Å²) >= 11 is 3.31. The molecule has 0 heterocycles. The Morgan fingerprint density at radius 1 is 1.62 bits per heavy atom. The summed E-state index contributed by atoms with van der Waals surface area (Å²) < 4.78 is 0.718. The second kappa shape index (κ2) is 5.52. The highest BCUT2D eigenvalue weighted by Crippen LogP contribution is 2.26. The zero-order chi connectivity index (χ0) is 12.1. The minimum absolute atomic E-state index is 0.113. The van der Waals surface area contributed by atoms with Crippen LogP contribution in [0.3, 0.4) is 0 Å². The van der Waals surface area contributed by atoms with Gasteiger partial charge in [0, 0.05) is 11.0 Å². The molecule has 16 heavy (non-hydrogen) atoms. The molecule has 1 aromatic carbocycles. The average Bonchev–Trinajstić information content (AvgIpc) is 2.25. The molecule has 0 saturated heterocycles. The summed E-state index contributed by atoms with van der Waals surface area (Å²) in [6.45, 7) is 2.64. The summed E-state index contributed by atoms with van der Waals surface area (Å²) in [5.41, 5.74) is 6.40. The first-order chi connectivity index (χ1) is 7.60. The fourth-order valence-corrected chi connectivity index (χ4v) is 1.89. The van der Waals surface area contributed by atoms with Gasteiger partial charge in [-0.25, -0.2) is 0 Å². The Kier molecular flexibility index (Phi) is 4.32. The maximum Gasteiger partial charge on any atom is 0.236 e. The van der Waals surface area contributed by atoms with Gasteiger partial charge < -0.3 is 10.6 Å². The van der Waals surface area contributed by atoms with Gasteiger partial charge in [0.25, 0.3) is 0 Å². The molecule has 1 rings (SSSR count). The van der Waals surface area contributed by atoms with E-state index in [0.29, 0.717) is 12.1 Å². The number of hydrogen-bond donors (Lipinski definition) is 1. The highest BCUT2D eigenvalue weighted by molar-refractivity contribution is 9.10. The molecule has 1 aromatic rings. The molecule has 0 aromatic heterocycles. The number of nitriles is 1. The van der Waals surface area contributed by atoms with E-state index < -0.39 is 5.91 Å². The molecule has 2 N–H and O–H groups in total. The largest absolute Gasteiger partial charge is 0.368 e. The van der Waals surface area contributed by atoms with Crippen molar-refractivity contribution in [1.29, 1.82) is 5.26 Å². The lowest BCUT2D eigenvalue weighted by Crippen LogP contribution is -2.34. The maximum atomic E-state index is 10.9. The third-order valence-corrected chi connectivity index (χ3v) is 2.83. The van der Waals surface area contributed by atoms with Crippen LogP contribution in [0, 0.1) is 11.3 Å². The third-order valence-electron chi connectivity index (χ3n) is 2.17. The van der Waals surface area contributed by atoms with Gasteiger partial charge in [-0.1, -0.05) is 6.07 Å². The summed E-state index contributed by atoms with van der Waals surface area (Å²) in [5.74, 6) is -0.411. The van der Waals surface area contributed by atoms with Gasteiger partial charge >= 0.3 is 0 Å². The van der Waals surface area contributed by atoms with Gasteiger partial charge in [0.2, 0.25) is 5.91 Å². The quantitative estimate of drug-likeness (QED) is 0.912. The molecular formula is C11H12BrN3O. The molecule has 0 aliphatic heterocycles. The minimum Gasteiger partial charge on any atom is -0.368 e. The lowest BCUT2D eigenvalue weighted by Gasteiger charge is -2.22. The highest BCUT2D eigenvalue weighted by Gasteiger charge is 2.13. The predicted octanol–water partition coefficient (Wildman–Crippen LogP) is 1.63. The monoisotopic (exact) mass is 281 g/mol. The van der Waals surface area contributed by atoms with Crippen molar-refractivity contribution in [3.8, 4) is 6.07 Å². The summed E-state index contributed by atoms with van der Waals surface area (Å²) in [5, 5.41) is 9.05. The smallest absolute Gasteiger partial charge is 0.236 e. The van der Waals surface area contributed by atoms with Crippen LogP contribution in [-0.4, -0.2) is 19.0 Å². The van der Waals surface area contributed by atoms with Gasteiger partial charge in [-0.15, -0.1) is 0 Å². The SMILES string of the molecule is CCN(CC(N)=O)c1cccc(Br)c1C#N. The lowest BCUT2D eigenvalue weighted by molar-refractivity contribution is -0.116. The number of hydrogen-bond acceptors (Lipinski definition) is 3. The minimum atomic E-state index is -0.411. The zero-order valence-electron chi connectivity index (χ0n) is 8.90. The van der Waals surface area contributed by atoms with Crippen LogP contribution >= 0.6 is 15.9 Å². The number of amides is 1. The second-order valence-electron chi connectivity index (χ2n) is 3.23. The van der Waals surface area contributed by atoms with E-state index in [-0.39, 0.29) is 6.54 Å². The molecule has 0 spiro atoms. The molecule has 4 nitrogen and oxygen atoms in total. The number of halogens is 1. The van der Waals surface area contributed by atoms with E-state index in [1.807, 2.05) is 13.0 Å². The first kappa shape index (κ1) is 12.5. The molecule has 0 radical (unpaired) electrons. The van der Waals surface area contributed by atoms with E-state index in [1.54, 1.807) is 17.0 Å². The van der Waals surface area contributed by atoms with Gasteiger partial charge in [-0.3, -0.25) is 4.79 Å². The van der Waals surface area contributed by atoms with E-state index in [1.165, 1.54) is 0 Å². The summed E-state index contributed by atoms with van der Waals surface area (Å²) in [7, 11) is 0. The number of nitrogens with two attached hydrogens (primary N) is 1. The molecule has 1 amide bonds. The van der Waals surface area contributed by atoms with Gasteiger partial charge in [0.15, 0.2) is 0 Å². The van der Waals surface area contributed by atoms with E-state index in [4.69, 9.17) is 11.0 Å². The number of nitrogens with zero attached hydrogens (tertiary/aromatic N) is 2. The van der Waals surface area contributed by atoms with E-state index >= 15 is 0 Å². The summed E-state index contributed by atoms with van der Waals surface area (Å²) in [6.07, 6.45) is 0. The number of likely N-dealkylation sites (N-methyl/N-ethyl adjacent to an activating group) is 1. The maximum absolute atomic E-state index is 10.9. The van der Waals surface area contributed by atoms with Crippen molar-refractivity contribution in [1.82, 2.24) is 0 Å². The Balaban J connectivity index is 3.15. The first-order valence-electron chi connectivity index (χ1n) is 4.82. The van der Waals surface area contributed by atoms with E-state index in [2.05, 4.69) is 22.0 Å². The van der Waals surface area contributed by atoms with Gasteiger partial charge in [0.1, 0.15) is 6.07 Å². The van der Waals surface area contributed by atoms with Gasteiger partial charge in [0.05, 0.1) is 17.8 Å². The Morgan fingerprint density at radius 2 is 2.31 bits per heavy atom. The van der Waals surface area contributed by atoms with Crippen LogP contribution in [0.4, 0.5) is 5.69 Å². The lowest BCUT2D eigenvalue weighted by atomic mass is 10.1. The fraction of sp³-hybridized carbons (Fsp3) is 0.273. The molecule has 0 aliphatic rings. The van der Waals surface area contributed by atoms with Crippen LogP contribution < -0.4 is 10.6 Å². The van der Waals surface area contributed by atoms with Crippen LogP contribution in [0.2, 0.25) is 0 Å². The van der Waals surface area contributed by atoms with Crippen molar-refractivity contribution < 1.29 is 4.79 Å². The molecule has 5 heteroatoms. The molecule has 0 aliphatic carbocycles. The van der Waals surface area contributed by atoms with E-state index in [9.17, 15) is 4.79 Å². The molecule has 0 bridgehead atoms. The Hall–Kier alpha value is -1.54. The molecular weight excluding hydrogens is 270 g/mol. The summed E-state index contributed by atoms with van der Waals surface area (Å²) in [4.78, 5) is 12.7. The van der Waals surface area contributed by atoms with Crippen molar-refractivity contribution in [2.75, 3.05) is 18.0 Å². The predicted molar refractivity (Wildman–Crippen MR) is 65.9 cm³/mol. The molecule has 0 unspecified atom stereocenters. The third kappa shape index (κ3) is 2.74. The van der Waals surface area contributed by atoms with Crippen molar-refractivity contribution in [3.63, 3.8) is 0 Å². The van der Waals surface area contributed by atoms with Crippen LogP contribution in [0.15, 0.2) is 22.7 Å². The molecule has 0 fully saturated rings. The van der Waals surface area contributed by atoms with Gasteiger partial charge in [-0.2, -0.15) is 5.26 Å². The Bertz CT molecular complexity index is 439.